The van der Waals surface area contributed by atoms with Crippen molar-refractivity contribution < 1.29 is 0 Å². The molecular formula is C40H52. The highest BCUT2D eigenvalue weighted by Gasteiger charge is 2.39. The van der Waals surface area contributed by atoms with Crippen LogP contribution in [0.3, 0.4) is 0 Å². The maximum Gasteiger partial charge on any atom is 0.00827 e. The van der Waals surface area contributed by atoms with Gasteiger partial charge in [-0.15, -0.1) is 0 Å². The summed E-state index contributed by atoms with van der Waals surface area (Å²) in [6, 6.07) is 11.8. The van der Waals surface area contributed by atoms with Crippen LogP contribution >= 0.6 is 0 Å². The Balaban J connectivity index is 1.38. The fourth-order valence-corrected chi connectivity index (χ4v) is 8.26. The molecule has 0 spiro atoms. The molecule has 1 fully saturated rings. The lowest BCUT2D eigenvalue weighted by atomic mass is 9.59. The van der Waals surface area contributed by atoms with Crippen molar-refractivity contribution in [1.82, 2.24) is 0 Å². The zero-order valence-corrected chi connectivity index (χ0v) is 26.4. The predicted molar refractivity (Wildman–Crippen MR) is 176 cm³/mol. The van der Waals surface area contributed by atoms with Crippen LogP contribution in [-0.4, -0.2) is 0 Å². The Morgan fingerprint density at radius 1 is 1.00 bits per heavy atom. The lowest BCUT2D eigenvalue weighted by Crippen LogP contribution is -2.35. The SMILES string of the molecule is C=C1C=CC(CC(C)(C)C)C(=C)C1CC1=Cc2cccc(-c3cc(C)cc(C)c3CC3CC(C)(CCC)C3)c2C1. The topological polar surface area (TPSA) is 0 Å². The minimum Gasteiger partial charge on any atom is -0.0986 e. The summed E-state index contributed by atoms with van der Waals surface area (Å²) in [6.45, 7) is 25.5. The third-order valence-electron chi connectivity index (χ3n) is 10.0. The smallest absolute Gasteiger partial charge is 0.00827 e. The molecule has 0 aliphatic heterocycles. The van der Waals surface area contributed by atoms with Crippen molar-refractivity contribution in [1.29, 1.82) is 0 Å². The molecule has 5 rings (SSSR count). The maximum absolute atomic E-state index is 4.62. The fraction of sp³-hybridized carbons (Fsp3) is 0.500. The van der Waals surface area contributed by atoms with E-state index in [4.69, 9.17) is 0 Å². The summed E-state index contributed by atoms with van der Waals surface area (Å²) in [5.74, 6) is 1.60. The first kappa shape index (κ1) is 28.9. The van der Waals surface area contributed by atoms with Crippen LogP contribution in [-0.2, 0) is 12.8 Å². The van der Waals surface area contributed by atoms with E-state index < -0.39 is 0 Å². The minimum atomic E-state index is 0.288. The summed E-state index contributed by atoms with van der Waals surface area (Å²) < 4.78 is 0. The van der Waals surface area contributed by atoms with E-state index in [0.717, 1.165) is 25.2 Å². The van der Waals surface area contributed by atoms with Gasteiger partial charge in [0, 0.05) is 5.92 Å². The van der Waals surface area contributed by atoms with Crippen molar-refractivity contribution in [2.45, 2.75) is 99.8 Å². The van der Waals surface area contributed by atoms with Gasteiger partial charge >= 0.3 is 0 Å². The van der Waals surface area contributed by atoms with Crippen LogP contribution in [0.4, 0.5) is 0 Å². The van der Waals surface area contributed by atoms with Gasteiger partial charge in [-0.2, -0.15) is 0 Å². The molecule has 0 aromatic heterocycles. The van der Waals surface area contributed by atoms with Gasteiger partial charge in [-0.3, -0.25) is 0 Å². The van der Waals surface area contributed by atoms with E-state index in [-0.39, 0.29) is 5.41 Å². The van der Waals surface area contributed by atoms with Gasteiger partial charge in [-0.05, 0) is 120 Å². The number of benzene rings is 2. The third kappa shape index (κ3) is 6.02. The number of hydrogen-bond donors (Lipinski definition) is 0. The predicted octanol–water partition coefficient (Wildman–Crippen LogP) is 11.4. The quantitative estimate of drug-likeness (QED) is 0.297. The normalized spacial score (nSPS) is 26.1. The molecule has 0 bridgehead atoms. The first-order valence-corrected chi connectivity index (χ1v) is 15.8. The lowest BCUT2D eigenvalue weighted by molar-refractivity contribution is 0.0647. The van der Waals surface area contributed by atoms with Crippen LogP contribution in [0.1, 0.15) is 101 Å². The maximum atomic E-state index is 4.62. The third-order valence-corrected chi connectivity index (χ3v) is 10.0. The fourth-order valence-electron chi connectivity index (χ4n) is 8.26. The molecule has 2 unspecified atom stereocenters. The van der Waals surface area contributed by atoms with Crippen LogP contribution in [0, 0.1) is 42.4 Å². The van der Waals surface area contributed by atoms with Crippen LogP contribution in [0.2, 0.25) is 0 Å². The van der Waals surface area contributed by atoms with E-state index in [9.17, 15) is 0 Å². The van der Waals surface area contributed by atoms with Crippen molar-refractivity contribution in [2.24, 2.45) is 28.6 Å². The van der Waals surface area contributed by atoms with Gasteiger partial charge < -0.3 is 0 Å². The van der Waals surface area contributed by atoms with Gasteiger partial charge in [0.15, 0.2) is 0 Å². The van der Waals surface area contributed by atoms with Crippen LogP contribution < -0.4 is 0 Å². The van der Waals surface area contributed by atoms with Crippen molar-refractivity contribution in [3.8, 4) is 11.1 Å². The van der Waals surface area contributed by atoms with E-state index in [0.29, 0.717) is 17.3 Å². The molecule has 0 radical (unpaired) electrons. The monoisotopic (exact) mass is 532 g/mol. The Kier molecular flexibility index (Phi) is 7.95. The molecule has 2 aromatic carbocycles. The summed E-state index contributed by atoms with van der Waals surface area (Å²) in [5.41, 5.74) is 15.2. The molecule has 0 heteroatoms. The largest absolute Gasteiger partial charge is 0.0986 e. The second-order valence-corrected chi connectivity index (χ2v) is 15.1. The first-order chi connectivity index (χ1) is 18.9. The van der Waals surface area contributed by atoms with Gasteiger partial charge in [-0.25, -0.2) is 0 Å². The molecule has 3 aliphatic rings. The van der Waals surface area contributed by atoms with Crippen LogP contribution in [0.25, 0.3) is 17.2 Å². The Bertz CT molecular complexity index is 1360. The van der Waals surface area contributed by atoms with E-state index >= 15 is 0 Å². The molecule has 212 valence electrons. The molecule has 3 aliphatic carbocycles. The highest BCUT2D eigenvalue weighted by Crippen LogP contribution is 2.51. The zero-order valence-electron chi connectivity index (χ0n) is 26.4. The standard InChI is InChI=1S/C40H52/c1-10-16-40(9)23-31(24-40)22-36-28(4)17-26(2)18-38(36)34-13-11-12-32-19-30(21-37(32)34)20-35-27(3)14-15-33(29(35)5)25-39(6,7)8/h11-15,17-19,31,33,35H,3,5,10,16,20-25H2,1-2,4,6-9H3. The highest BCUT2D eigenvalue weighted by molar-refractivity contribution is 5.80. The lowest BCUT2D eigenvalue weighted by Gasteiger charge is -2.46. The molecule has 0 nitrogen and oxygen atoms in total. The molecule has 1 saturated carbocycles. The summed E-state index contributed by atoms with van der Waals surface area (Å²) in [5, 5.41) is 0. The first-order valence-electron chi connectivity index (χ1n) is 15.8. The number of fused-ring (bicyclic) bond motifs is 1. The van der Waals surface area contributed by atoms with Crippen molar-refractivity contribution in [3.05, 3.63) is 100 Å². The van der Waals surface area contributed by atoms with Crippen molar-refractivity contribution in [2.75, 3.05) is 0 Å². The van der Waals surface area contributed by atoms with Gasteiger partial charge in [0.25, 0.3) is 0 Å². The number of rotatable bonds is 8. The summed E-state index contributed by atoms with van der Waals surface area (Å²) >= 11 is 0. The second-order valence-electron chi connectivity index (χ2n) is 15.1. The Labute approximate surface area is 245 Å². The Hall–Kier alpha value is -2.60. The Morgan fingerprint density at radius 2 is 1.75 bits per heavy atom. The molecule has 40 heavy (non-hydrogen) atoms. The van der Waals surface area contributed by atoms with E-state index in [1.165, 1.54) is 82.2 Å². The highest BCUT2D eigenvalue weighted by atomic mass is 14.4. The minimum absolute atomic E-state index is 0.288. The van der Waals surface area contributed by atoms with Gasteiger partial charge in [0.2, 0.25) is 0 Å². The number of hydrogen-bond acceptors (Lipinski definition) is 0. The van der Waals surface area contributed by atoms with Crippen molar-refractivity contribution in [3.63, 3.8) is 0 Å². The van der Waals surface area contributed by atoms with Crippen molar-refractivity contribution >= 4 is 6.08 Å². The summed E-state index contributed by atoms with van der Waals surface area (Å²) in [7, 11) is 0. The van der Waals surface area contributed by atoms with Gasteiger partial charge in [0.1, 0.15) is 0 Å². The van der Waals surface area contributed by atoms with Crippen LogP contribution in [0.15, 0.2) is 72.4 Å². The van der Waals surface area contributed by atoms with E-state index in [1.807, 2.05) is 0 Å². The Morgan fingerprint density at radius 3 is 2.45 bits per heavy atom. The molecule has 2 atom stereocenters. The molecule has 0 N–H and O–H groups in total. The van der Waals surface area contributed by atoms with E-state index in [2.05, 4.69) is 110 Å². The number of allylic oxidation sites excluding steroid dienone is 5. The average molecular weight is 533 g/mol. The van der Waals surface area contributed by atoms with Gasteiger partial charge in [-0.1, -0.05) is 119 Å². The number of aryl methyl sites for hydroxylation is 2. The molecule has 0 heterocycles. The zero-order chi connectivity index (χ0) is 28.8. The van der Waals surface area contributed by atoms with Crippen LogP contribution in [0.5, 0.6) is 0 Å². The average Bonchev–Trinajstić information content (AvgIpc) is 3.26. The summed E-state index contributed by atoms with van der Waals surface area (Å²) in [4.78, 5) is 0. The molecule has 2 aromatic rings. The summed E-state index contributed by atoms with van der Waals surface area (Å²) in [6.07, 6.45) is 17.0. The van der Waals surface area contributed by atoms with E-state index in [1.54, 1.807) is 5.56 Å². The molecular weight excluding hydrogens is 480 g/mol. The second kappa shape index (κ2) is 11.0. The molecule has 0 amide bonds. The molecule has 0 saturated heterocycles. The van der Waals surface area contributed by atoms with Gasteiger partial charge in [0.05, 0.1) is 0 Å².